The first-order valence-corrected chi connectivity index (χ1v) is 7.20. The van der Waals surface area contributed by atoms with Crippen molar-refractivity contribution in [2.45, 2.75) is 6.92 Å². The summed E-state index contributed by atoms with van der Waals surface area (Å²) in [6, 6.07) is 6.53. The average Bonchev–Trinajstić information content (AvgIpc) is 3.00. The Labute approximate surface area is 139 Å². The monoisotopic (exact) mass is 325 g/mol. The maximum absolute atomic E-state index is 12.1. The summed E-state index contributed by atoms with van der Waals surface area (Å²) in [4.78, 5) is 34.1. The number of rotatable bonds is 5. The highest BCUT2D eigenvalue weighted by molar-refractivity contribution is 6.20. The second-order valence-electron chi connectivity index (χ2n) is 4.79. The predicted octanol–water partition coefficient (Wildman–Crippen LogP) is 2.35. The van der Waals surface area contributed by atoms with Gasteiger partial charge in [0, 0.05) is 18.2 Å². The van der Waals surface area contributed by atoms with Gasteiger partial charge in [0.1, 0.15) is 23.9 Å². The van der Waals surface area contributed by atoms with Gasteiger partial charge in [0.05, 0.1) is 12.3 Å². The number of aromatic nitrogens is 1. The van der Waals surface area contributed by atoms with Gasteiger partial charge in [0.15, 0.2) is 0 Å². The molecule has 122 valence electrons. The highest BCUT2D eigenvalue weighted by Gasteiger charge is 2.28. The molecule has 2 rings (SSSR count). The topological polar surface area (TPSA) is 102 Å². The number of nitrogens with one attached hydrogen (secondary N) is 1. The van der Waals surface area contributed by atoms with E-state index >= 15 is 0 Å². The largest absolute Gasteiger partial charge is 0.462 e. The van der Waals surface area contributed by atoms with E-state index in [0.29, 0.717) is 28.2 Å². The molecule has 24 heavy (non-hydrogen) atoms. The van der Waals surface area contributed by atoms with E-state index in [-0.39, 0.29) is 12.2 Å². The van der Waals surface area contributed by atoms with Crippen LogP contribution in [-0.2, 0) is 4.74 Å². The van der Waals surface area contributed by atoms with Gasteiger partial charge < -0.3 is 10.5 Å². The van der Waals surface area contributed by atoms with Crippen LogP contribution in [0.5, 0.6) is 0 Å². The highest BCUT2D eigenvalue weighted by atomic mass is 16.5. The summed E-state index contributed by atoms with van der Waals surface area (Å²) in [5.74, 6) is -0.728. The molecule has 7 heteroatoms. The lowest BCUT2D eigenvalue weighted by Gasteiger charge is -2.06. The molecule has 1 aromatic carbocycles. The van der Waals surface area contributed by atoms with Crippen LogP contribution < -0.4 is 5.73 Å². The first-order chi connectivity index (χ1) is 11.5. The molecule has 1 aromatic heterocycles. The number of ether oxygens (including phenoxy) is 1. The van der Waals surface area contributed by atoms with Gasteiger partial charge in [-0.2, -0.15) is 4.85 Å². The summed E-state index contributed by atoms with van der Waals surface area (Å²) < 4.78 is 5.05. The SMILES string of the molecule is C#[N+]c1[nH]cc(C(=O)OCC)c1C(=NC)c1ccc(C(N)=O)cc1. The number of carbonyl (C=O) groups is 2. The van der Waals surface area contributed by atoms with Crippen LogP contribution >= 0.6 is 0 Å². The lowest BCUT2D eigenvalue weighted by molar-refractivity contribution is 0.0526. The zero-order valence-electron chi connectivity index (χ0n) is 13.4. The van der Waals surface area contributed by atoms with Gasteiger partial charge in [-0.3, -0.25) is 9.79 Å². The summed E-state index contributed by atoms with van der Waals surface area (Å²) in [5, 5.41) is 0. The average molecular weight is 325 g/mol. The Morgan fingerprint density at radius 1 is 1.29 bits per heavy atom. The number of nitrogens with zero attached hydrogens (tertiary/aromatic N) is 2. The quantitative estimate of drug-likeness (QED) is 0.651. The normalized spacial score (nSPS) is 11.0. The van der Waals surface area contributed by atoms with Gasteiger partial charge in [-0.1, -0.05) is 12.1 Å². The van der Waals surface area contributed by atoms with Gasteiger partial charge >= 0.3 is 11.8 Å². The number of primary amides is 1. The molecular weight excluding hydrogens is 308 g/mol. The molecule has 7 nitrogen and oxygen atoms in total. The number of esters is 1. The zero-order chi connectivity index (χ0) is 17.7. The van der Waals surface area contributed by atoms with Gasteiger partial charge in [0.25, 0.3) is 0 Å². The van der Waals surface area contributed by atoms with E-state index < -0.39 is 11.9 Å². The van der Waals surface area contributed by atoms with Crippen LogP contribution in [0.1, 0.15) is 38.8 Å². The van der Waals surface area contributed by atoms with Crippen molar-refractivity contribution < 1.29 is 14.3 Å². The molecule has 0 spiro atoms. The maximum Gasteiger partial charge on any atom is 0.393 e. The van der Waals surface area contributed by atoms with Crippen LogP contribution in [-0.4, -0.2) is 36.2 Å². The fraction of sp³-hybridized carbons (Fsp3) is 0.176. The molecule has 0 bridgehead atoms. The Bertz CT molecular complexity index is 842. The third-order valence-corrected chi connectivity index (χ3v) is 3.39. The molecule has 0 radical (unpaired) electrons. The third kappa shape index (κ3) is 3.17. The zero-order valence-corrected chi connectivity index (χ0v) is 13.4. The second-order valence-corrected chi connectivity index (χ2v) is 4.79. The number of aliphatic imine (C=N–C) groups is 1. The van der Waals surface area contributed by atoms with E-state index in [9.17, 15) is 9.59 Å². The number of hydrogen-bond acceptors (Lipinski definition) is 4. The number of hydrogen-bond donors (Lipinski definition) is 2. The molecule has 3 N–H and O–H groups in total. The van der Waals surface area contributed by atoms with Crippen LogP contribution in [0, 0.1) is 6.57 Å². The Morgan fingerprint density at radius 3 is 2.42 bits per heavy atom. The molecule has 0 unspecified atom stereocenters. The van der Waals surface area contributed by atoms with Crippen molar-refractivity contribution in [2.75, 3.05) is 13.7 Å². The number of benzene rings is 1. The highest BCUT2D eigenvalue weighted by Crippen LogP contribution is 2.26. The van der Waals surface area contributed by atoms with Crippen LogP contribution in [0.25, 0.3) is 4.85 Å². The van der Waals surface area contributed by atoms with Crippen LogP contribution in [0.15, 0.2) is 35.5 Å². The van der Waals surface area contributed by atoms with E-state index in [4.69, 9.17) is 17.0 Å². The minimum absolute atomic E-state index is 0.241. The number of H-pyrrole nitrogens is 1. The Morgan fingerprint density at radius 2 is 1.92 bits per heavy atom. The number of aromatic amines is 1. The minimum Gasteiger partial charge on any atom is -0.462 e. The van der Waals surface area contributed by atoms with Crippen molar-refractivity contribution in [3.05, 3.63) is 57.6 Å². The predicted molar refractivity (Wildman–Crippen MR) is 91.2 cm³/mol. The van der Waals surface area contributed by atoms with Gasteiger partial charge in [-0.05, 0) is 19.1 Å². The van der Waals surface area contributed by atoms with E-state index in [0.717, 1.165) is 0 Å². The van der Waals surface area contributed by atoms with Crippen molar-refractivity contribution in [1.82, 2.24) is 4.98 Å². The van der Waals surface area contributed by atoms with Crippen LogP contribution in [0.2, 0.25) is 0 Å². The van der Waals surface area contributed by atoms with E-state index in [2.05, 4.69) is 14.8 Å². The Kier molecular flexibility index (Phi) is 5.12. The molecule has 0 saturated carbocycles. The van der Waals surface area contributed by atoms with Crippen molar-refractivity contribution in [1.29, 1.82) is 0 Å². The van der Waals surface area contributed by atoms with Crippen LogP contribution in [0.4, 0.5) is 5.82 Å². The molecule has 0 aliphatic heterocycles. The van der Waals surface area contributed by atoms with Gasteiger partial charge in [-0.15, -0.1) is 0 Å². The van der Waals surface area contributed by atoms with Crippen molar-refractivity contribution >= 4 is 23.4 Å². The Hall–Kier alpha value is -3.40. The summed E-state index contributed by atoms with van der Waals surface area (Å²) in [5.41, 5.74) is 7.49. The van der Waals surface area contributed by atoms with Gasteiger partial charge in [-0.25, -0.2) is 9.78 Å². The van der Waals surface area contributed by atoms with E-state index in [1.165, 1.54) is 6.20 Å². The Balaban J connectivity index is 2.55. The van der Waals surface area contributed by atoms with Crippen molar-refractivity contribution in [3.63, 3.8) is 0 Å². The summed E-state index contributed by atoms with van der Waals surface area (Å²) in [6.45, 7) is 7.36. The molecule has 1 heterocycles. The molecule has 0 aliphatic carbocycles. The standard InChI is InChI=1S/C17H16N4O3/c1-4-24-17(23)12-9-21-16(20-3)13(12)14(19-2)10-5-7-11(8-6-10)15(18)22/h3,5-9H,4H2,1-2H3,(H2-,18,19,21,22,23)/p+1. The molecule has 0 fully saturated rings. The van der Waals surface area contributed by atoms with Crippen LogP contribution in [0.3, 0.4) is 0 Å². The molecule has 2 aromatic rings. The molecule has 1 amide bonds. The fourth-order valence-corrected chi connectivity index (χ4v) is 2.30. The lowest BCUT2D eigenvalue weighted by atomic mass is 9.99. The van der Waals surface area contributed by atoms with Crippen molar-refractivity contribution in [3.8, 4) is 6.57 Å². The fourth-order valence-electron chi connectivity index (χ4n) is 2.30. The summed E-state index contributed by atoms with van der Waals surface area (Å²) >= 11 is 0. The van der Waals surface area contributed by atoms with E-state index in [1.54, 1.807) is 38.2 Å². The number of carbonyl (C=O) groups excluding carboxylic acids is 2. The summed E-state index contributed by atoms with van der Waals surface area (Å²) in [7, 11) is 1.58. The number of amides is 1. The van der Waals surface area contributed by atoms with Gasteiger partial charge in [0.2, 0.25) is 5.91 Å². The second kappa shape index (κ2) is 7.24. The third-order valence-electron chi connectivity index (χ3n) is 3.39. The molecule has 0 saturated heterocycles. The van der Waals surface area contributed by atoms with E-state index in [1.807, 2.05) is 0 Å². The first-order valence-electron chi connectivity index (χ1n) is 7.20. The summed E-state index contributed by atoms with van der Waals surface area (Å²) in [6.07, 6.45) is 1.47. The first kappa shape index (κ1) is 17.0. The smallest absolute Gasteiger partial charge is 0.393 e. The number of nitrogens with two attached hydrogens (primary N) is 1. The van der Waals surface area contributed by atoms with Crippen molar-refractivity contribution in [2.24, 2.45) is 10.7 Å². The molecular formula is C17H17N4O3+. The maximum atomic E-state index is 12.1. The molecule has 0 atom stereocenters. The molecule has 0 aliphatic rings. The minimum atomic E-state index is -0.525. The lowest BCUT2D eigenvalue weighted by Crippen LogP contribution is -2.13.